The molecular formula is C19H38N2O4. The van der Waals surface area contributed by atoms with Crippen molar-refractivity contribution in [2.24, 2.45) is 11.7 Å². The summed E-state index contributed by atoms with van der Waals surface area (Å²) < 4.78 is 0. The van der Waals surface area contributed by atoms with Gasteiger partial charge in [0, 0.05) is 30.7 Å². The lowest BCUT2D eigenvalue weighted by Gasteiger charge is -2.33. The Bertz CT molecular complexity index is 398. The Hall–Kier alpha value is -1.69. The van der Waals surface area contributed by atoms with Crippen molar-refractivity contribution < 1.29 is 19.5 Å². The molecule has 0 aliphatic carbocycles. The van der Waals surface area contributed by atoms with Crippen LogP contribution in [0.4, 0.5) is 0 Å². The van der Waals surface area contributed by atoms with Crippen LogP contribution < -0.4 is 5.73 Å². The Labute approximate surface area is 153 Å². The van der Waals surface area contributed by atoms with Crippen LogP contribution >= 0.6 is 0 Å². The minimum absolute atomic E-state index is 0.0376. The van der Waals surface area contributed by atoms with Gasteiger partial charge in [0.1, 0.15) is 0 Å². The largest absolute Gasteiger partial charge is 0.396 e. The van der Waals surface area contributed by atoms with E-state index in [0.29, 0.717) is 18.8 Å². The van der Waals surface area contributed by atoms with Crippen molar-refractivity contribution in [3.63, 3.8) is 0 Å². The number of rotatable bonds is 6. The predicted molar refractivity (Wildman–Crippen MR) is 103 cm³/mol. The molecule has 148 valence electrons. The normalized spacial score (nSPS) is 12.6. The van der Waals surface area contributed by atoms with Crippen molar-refractivity contribution in [2.75, 3.05) is 6.61 Å². The third-order valence-corrected chi connectivity index (χ3v) is 3.11. The summed E-state index contributed by atoms with van der Waals surface area (Å²) in [7, 11) is 0. The fraction of sp³-hybridized carbons (Fsp3) is 0.737. The van der Waals surface area contributed by atoms with E-state index in [9.17, 15) is 14.4 Å². The van der Waals surface area contributed by atoms with E-state index in [2.05, 4.69) is 13.8 Å². The number of imide groups is 1. The van der Waals surface area contributed by atoms with Gasteiger partial charge in [0.25, 0.3) is 11.8 Å². The van der Waals surface area contributed by atoms with Gasteiger partial charge >= 0.3 is 0 Å². The summed E-state index contributed by atoms with van der Waals surface area (Å²) in [5.74, 6) is -0.215. The van der Waals surface area contributed by atoms with Crippen LogP contribution in [0.1, 0.15) is 74.7 Å². The fourth-order valence-corrected chi connectivity index (χ4v) is 1.81. The highest BCUT2D eigenvalue weighted by Crippen LogP contribution is 2.22. The van der Waals surface area contributed by atoms with Gasteiger partial charge in [-0.2, -0.15) is 0 Å². The number of hydrogen-bond acceptors (Lipinski definition) is 4. The first kappa shape index (κ1) is 28.1. The maximum absolute atomic E-state index is 11.2. The summed E-state index contributed by atoms with van der Waals surface area (Å²) >= 11 is 0. The molecular weight excluding hydrogens is 320 g/mol. The quantitative estimate of drug-likeness (QED) is 0.713. The number of nitrogens with two attached hydrogens (primary N) is 1. The van der Waals surface area contributed by atoms with Crippen LogP contribution in [-0.4, -0.2) is 39.9 Å². The highest BCUT2D eigenvalue weighted by atomic mass is 16.3. The van der Waals surface area contributed by atoms with E-state index in [4.69, 9.17) is 10.8 Å². The number of aliphatic hydroxyl groups is 1. The molecule has 0 spiro atoms. The second kappa shape index (κ2) is 15.8. The zero-order valence-corrected chi connectivity index (χ0v) is 17.3. The Balaban J connectivity index is -0.000000348. The third kappa shape index (κ3) is 13.3. The van der Waals surface area contributed by atoms with Crippen LogP contribution in [0.5, 0.6) is 0 Å². The molecule has 0 aromatic heterocycles. The van der Waals surface area contributed by atoms with Gasteiger partial charge in [0.05, 0.1) is 0 Å². The van der Waals surface area contributed by atoms with Gasteiger partial charge in [0.2, 0.25) is 5.91 Å². The third-order valence-electron chi connectivity index (χ3n) is 3.11. The molecule has 1 heterocycles. The molecule has 0 saturated heterocycles. The summed E-state index contributed by atoms with van der Waals surface area (Å²) in [4.78, 5) is 33.8. The molecule has 0 aromatic rings. The summed E-state index contributed by atoms with van der Waals surface area (Å²) in [5.41, 5.74) is 4.30. The number of nitrogens with zero attached hydrogens (tertiary/aromatic N) is 1. The summed E-state index contributed by atoms with van der Waals surface area (Å²) in [5, 5.41) is 8.77. The minimum Gasteiger partial charge on any atom is -0.396 e. The monoisotopic (exact) mass is 358 g/mol. The van der Waals surface area contributed by atoms with Crippen LogP contribution in [-0.2, 0) is 14.4 Å². The lowest BCUT2D eigenvalue weighted by molar-refractivity contribution is -0.143. The smallest absolute Gasteiger partial charge is 0.254 e. The van der Waals surface area contributed by atoms with Gasteiger partial charge in [-0.15, -0.1) is 0 Å². The molecule has 0 atom stereocenters. The number of carbonyl (C=O) groups excluding carboxylic acids is 3. The Morgan fingerprint density at radius 3 is 1.76 bits per heavy atom. The van der Waals surface area contributed by atoms with Crippen LogP contribution in [0, 0.1) is 5.92 Å². The van der Waals surface area contributed by atoms with Crippen LogP contribution in [0.2, 0.25) is 0 Å². The molecule has 25 heavy (non-hydrogen) atoms. The van der Waals surface area contributed by atoms with Crippen molar-refractivity contribution in [1.29, 1.82) is 0 Å². The number of carbonyl (C=O) groups is 3. The molecule has 0 radical (unpaired) electrons. The Morgan fingerprint density at radius 2 is 1.52 bits per heavy atom. The maximum atomic E-state index is 11.2. The Morgan fingerprint density at radius 1 is 1.12 bits per heavy atom. The van der Waals surface area contributed by atoms with Crippen LogP contribution in [0.3, 0.4) is 0 Å². The van der Waals surface area contributed by atoms with Gasteiger partial charge in [-0.1, -0.05) is 41.5 Å². The molecule has 0 saturated carbocycles. The first-order valence-electron chi connectivity index (χ1n) is 9.07. The molecule has 3 N–H and O–H groups in total. The summed E-state index contributed by atoms with van der Waals surface area (Å²) in [6.07, 6.45) is 4.34. The number of aliphatic hydroxyl groups excluding tert-OH is 1. The van der Waals surface area contributed by atoms with E-state index in [0.717, 1.165) is 6.42 Å². The molecule has 1 rings (SSSR count). The molecule has 0 fully saturated rings. The lowest BCUT2D eigenvalue weighted by Crippen LogP contribution is -2.48. The van der Waals surface area contributed by atoms with E-state index in [1.807, 2.05) is 27.7 Å². The highest BCUT2D eigenvalue weighted by Gasteiger charge is 2.36. The fourth-order valence-electron chi connectivity index (χ4n) is 1.81. The topological polar surface area (TPSA) is 101 Å². The molecule has 1 aliphatic heterocycles. The second-order valence-electron chi connectivity index (χ2n) is 6.03. The molecule has 0 unspecified atom stereocenters. The van der Waals surface area contributed by atoms with E-state index in [-0.39, 0.29) is 24.3 Å². The van der Waals surface area contributed by atoms with E-state index in [1.54, 1.807) is 13.8 Å². The first-order chi connectivity index (χ1) is 11.6. The van der Waals surface area contributed by atoms with Crippen molar-refractivity contribution in [3.8, 4) is 0 Å². The second-order valence-corrected chi connectivity index (χ2v) is 6.03. The van der Waals surface area contributed by atoms with Gasteiger partial charge in [-0.05, 0) is 32.6 Å². The van der Waals surface area contributed by atoms with Crippen molar-refractivity contribution in [1.82, 2.24) is 4.90 Å². The van der Waals surface area contributed by atoms with Gasteiger partial charge in [0.15, 0.2) is 0 Å². The van der Waals surface area contributed by atoms with Gasteiger partial charge in [-0.3, -0.25) is 19.3 Å². The number of hydrogen-bond donors (Lipinski definition) is 2. The van der Waals surface area contributed by atoms with Gasteiger partial charge < -0.3 is 10.8 Å². The van der Waals surface area contributed by atoms with Crippen LogP contribution in [0.25, 0.3) is 0 Å². The molecule has 6 nitrogen and oxygen atoms in total. The van der Waals surface area contributed by atoms with E-state index >= 15 is 0 Å². The Kier molecular flexibility index (Phi) is 17.8. The molecule has 1 aliphatic rings. The highest BCUT2D eigenvalue weighted by molar-refractivity contribution is 6.13. The average molecular weight is 359 g/mol. The molecule has 0 aromatic carbocycles. The van der Waals surface area contributed by atoms with Crippen molar-refractivity contribution >= 4 is 17.7 Å². The number of amides is 3. The molecule has 6 heteroatoms. The number of primary amides is 1. The SMILES string of the molecule is CC.CC.CC(C)(CCO)N1C(=O)C=CC1=O.CC(C)CCC(N)=O. The lowest BCUT2D eigenvalue weighted by atomic mass is 9.99. The molecule has 0 bridgehead atoms. The van der Waals surface area contributed by atoms with E-state index in [1.165, 1.54) is 17.1 Å². The zero-order valence-electron chi connectivity index (χ0n) is 17.3. The maximum Gasteiger partial charge on any atom is 0.254 e. The summed E-state index contributed by atoms with van der Waals surface area (Å²) in [6, 6.07) is 0. The van der Waals surface area contributed by atoms with Crippen molar-refractivity contribution in [2.45, 2.75) is 80.2 Å². The minimum atomic E-state index is -0.605. The van der Waals surface area contributed by atoms with Crippen LogP contribution in [0.15, 0.2) is 12.2 Å². The van der Waals surface area contributed by atoms with Gasteiger partial charge in [-0.25, -0.2) is 0 Å². The summed E-state index contributed by atoms with van der Waals surface area (Å²) in [6.45, 7) is 15.6. The molecule has 3 amide bonds. The standard InChI is InChI=1S/C9H13NO3.C6H13NO.2C2H6/c1-9(2,5-6-11)10-7(12)3-4-8(10)13;1-5(2)3-4-6(7)8;2*1-2/h3-4,11H,5-6H2,1-2H3;5H,3-4H2,1-2H3,(H2,7,8);2*1-2H3. The van der Waals surface area contributed by atoms with E-state index < -0.39 is 5.54 Å². The average Bonchev–Trinajstić information content (AvgIpc) is 2.89. The predicted octanol–water partition coefficient (Wildman–Crippen LogP) is 3.03. The first-order valence-corrected chi connectivity index (χ1v) is 9.07. The van der Waals surface area contributed by atoms with Crippen molar-refractivity contribution in [3.05, 3.63) is 12.2 Å². The zero-order chi connectivity index (χ0) is 20.6.